The van der Waals surface area contributed by atoms with E-state index in [0.29, 0.717) is 24.5 Å². The quantitative estimate of drug-likeness (QED) is 0.0840. The number of imidazole rings is 2. The Bertz CT molecular complexity index is 2550. The summed E-state index contributed by atoms with van der Waals surface area (Å²) in [5, 5.41) is 7.60. The van der Waals surface area contributed by atoms with E-state index in [2.05, 4.69) is 81.3 Å². The smallest absolute Gasteiger partial charge is 0.407 e. The molecule has 14 nitrogen and oxygen atoms in total. The van der Waals surface area contributed by atoms with Gasteiger partial charge in [0.2, 0.25) is 5.91 Å². The van der Waals surface area contributed by atoms with Crippen molar-refractivity contribution < 1.29 is 28.7 Å². The minimum Gasteiger partial charge on any atom is -0.453 e. The molecule has 4 amide bonds. The number of fused-ring (bicyclic) bond motifs is 1. The number of likely N-dealkylation sites (N-methyl/N-ethyl adjacent to an activating group) is 1. The summed E-state index contributed by atoms with van der Waals surface area (Å²) in [6.45, 7) is 10.8. The molecule has 328 valence electrons. The highest BCUT2D eigenvalue weighted by Gasteiger charge is 2.38. The van der Waals surface area contributed by atoms with E-state index < -0.39 is 24.3 Å². The van der Waals surface area contributed by atoms with Crippen LogP contribution in [0.2, 0.25) is 0 Å². The lowest BCUT2D eigenvalue weighted by molar-refractivity contribution is -0.137. The molecule has 1 aliphatic heterocycles. The van der Waals surface area contributed by atoms with Crippen molar-refractivity contribution >= 4 is 34.8 Å². The van der Waals surface area contributed by atoms with Crippen LogP contribution in [-0.2, 0) is 19.1 Å². The summed E-state index contributed by atoms with van der Waals surface area (Å²) >= 11 is 0. The number of rotatable bonds is 14. The maximum absolute atomic E-state index is 14.2. The third-order valence-corrected chi connectivity index (χ3v) is 11.8. The lowest BCUT2D eigenvalue weighted by atomic mass is 9.98. The molecule has 63 heavy (non-hydrogen) atoms. The van der Waals surface area contributed by atoms with Crippen LogP contribution in [0.1, 0.15) is 82.8 Å². The number of aromatic amines is 2. The monoisotopic (exact) mass is 852 g/mol. The predicted molar refractivity (Wildman–Crippen MR) is 242 cm³/mol. The molecular formula is C49H56N8O6. The standard InChI is InChI=1S/C49H56N8O6/c1-8-56(47(59)42(55-49(61)63-7)33-13-10-9-11-14-33)43(30(4)5)45-51-27-38(53-45)32-18-16-31(17-19-32)34-20-21-36-26-37(23-22-35(36)25-34)39-28-50-44(52-39)40-15-12-24-57(40)46(58)41(29(2)3)54-48(60)62-6/h9-11,13-14,16-23,25-30,40-43H,8,12,15,24H2,1-7H3,(H,50,52)(H,51,53)(H,54,60)(H,55,61)/t40-,41-,42+,43-/m0/s1. The Balaban J connectivity index is 1.05. The van der Waals surface area contributed by atoms with Gasteiger partial charge >= 0.3 is 12.2 Å². The van der Waals surface area contributed by atoms with Crippen LogP contribution in [0, 0.1) is 11.8 Å². The molecule has 0 aliphatic carbocycles. The first kappa shape index (κ1) is 44.1. The van der Waals surface area contributed by atoms with Gasteiger partial charge in [-0.15, -0.1) is 0 Å². The largest absolute Gasteiger partial charge is 0.453 e. The Morgan fingerprint density at radius 3 is 2.00 bits per heavy atom. The first-order valence-corrected chi connectivity index (χ1v) is 21.5. The van der Waals surface area contributed by atoms with Crippen LogP contribution in [0.3, 0.4) is 0 Å². The van der Waals surface area contributed by atoms with E-state index in [1.165, 1.54) is 14.2 Å². The van der Waals surface area contributed by atoms with Crippen molar-refractivity contribution in [3.8, 4) is 33.6 Å². The summed E-state index contributed by atoms with van der Waals surface area (Å²) in [6, 6.07) is 28.0. The molecule has 4 N–H and O–H groups in total. The maximum atomic E-state index is 14.2. The second-order valence-electron chi connectivity index (χ2n) is 16.6. The number of benzene rings is 4. The summed E-state index contributed by atoms with van der Waals surface area (Å²) in [5.41, 5.74) is 6.43. The molecular weight excluding hydrogens is 797 g/mol. The van der Waals surface area contributed by atoms with Gasteiger partial charge in [-0.25, -0.2) is 19.6 Å². The summed E-state index contributed by atoms with van der Waals surface area (Å²) in [5.74, 6) is 0.877. The zero-order valence-corrected chi connectivity index (χ0v) is 36.8. The van der Waals surface area contributed by atoms with Crippen LogP contribution >= 0.6 is 0 Å². The Labute approximate surface area is 367 Å². The van der Waals surface area contributed by atoms with E-state index >= 15 is 0 Å². The number of methoxy groups -OCH3 is 2. The van der Waals surface area contributed by atoms with E-state index in [-0.39, 0.29) is 35.7 Å². The third kappa shape index (κ3) is 9.59. The van der Waals surface area contributed by atoms with Gasteiger partial charge in [-0.05, 0) is 76.8 Å². The number of hydrogen-bond acceptors (Lipinski definition) is 8. The Hall–Kier alpha value is -6.96. The van der Waals surface area contributed by atoms with E-state index in [1.807, 2.05) is 76.0 Å². The fourth-order valence-electron chi connectivity index (χ4n) is 8.50. The van der Waals surface area contributed by atoms with Gasteiger partial charge in [-0.3, -0.25) is 9.59 Å². The number of nitrogens with zero attached hydrogens (tertiary/aromatic N) is 4. The molecule has 1 fully saturated rings. The molecule has 2 aromatic heterocycles. The molecule has 1 saturated heterocycles. The number of alkyl carbamates (subject to hydrolysis) is 2. The molecule has 7 rings (SSSR count). The summed E-state index contributed by atoms with van der Waals surface area (Å²) in [7, 11) is 2.57. The predicted octanol–water partition coefficient (Wildman–Crippen LogP) is 8.97. The fourth-order valence-corrected chi connectivity index (χ4v) is 8.50. The minimum absolute atomic E-state index is 0.00719. The van der Waals surface area contributed by atoms with Crippen LogP contribution in [0.4, 0.5) is 9.59 Å². The van der Waals surface area contributed by atoms with Crippen LogP contribution in [0.5, 0.6) is 0 Å². The number of likely N-dealkylation sites (tertiary alicyclic amines) is 1. The van der Waals surface area contributed by atoms with Crippen LogP contribution in [0.25, 0.3) is 44.4 Å². The van der Waals surface area contributed by atoms with Crippen molar-refractivity contribution in [3.63, 3.8) is 0 Å². The lowest BCUT2D eigenvalue weighted by Crippen LogP contribution is -2.51. The van der Waals surface area contributed by atoms with Gasteiger partial charge in [0.05, 0.1) is 50.1 Å². The topological polar surface area (TPSA) is 175 Å². The number of nitrogens with one attached hydrogen (secondary N) is 4. The molecule has 4 aromatic carbocycles. The summed E-state index contributed by atoms with van der Waals surface area (Å²) in [6.07, 6.45) is 3.92. The molecule has 3 heterocycles. The first-order chi connectivity index (χ1) is 30.4. The van der Waals surface area contributed by atoms with Crippen molar-refractivity contribution in [3.05, 3.63) is 121 Å². The normalized spacial score (nSPS) is 15.3. The fraction of sp³-hybridized carbons (Fsp3) is 0.347. The number of carbonyl (C=O) groups excluding carboxylic acids is 4. The highest BCUT2D eigenvalue weighted by molar-refractivity contribution is 5.91. The number of ether oxygens (including phenoxy) is 2. The van der Waals surface area contributed by atoms with Gasteiger partial charge in [0.15, 0.2) is 0 Å². The highest BCUT2D eigenvalue weighted by atomic mass is 16.5. The van der Waals surface area contributed by atoms with Crippen LogP contribution in [0.15, 0.2) is 103 Å². The van der Waals surface area contributed by atoms with E-state index in [1.54, 1.807) is 11.1 Å². The molecule has 6 aromatic rings. The lowest BCUT2D eigenvalue weighted by Gasteiger charge is -2.35. The Kier molecular flexibility index (Phi) is 13.6. The van der Waals surface area contributed by atoms with Crippen molar-refractivity contribution in [2.24, 2.45) is 11.8 Å². The Morgan fingerprint density at radius 2 is 1.35 bits per heavy atom. The van der Waals surface area contributed by atoms with Crippen molar-refractivity contribution in [1.82, 2.24) is 40.4 Å². The van der Waals surface area contributed by atoms with Crippen molar-refractivity contribution in [1.29, 1.82) is 0 Å². The average Bonchev–Trinajstić information content (AvgIpc) is 4.11. The zero-order valence-electron chi connectivity index (χ0n) is 36.8. The summed E-state index contributed by atoms with van der Waals surface area (Å²) < 4.78 is 9.64. The number of hydrogen-bond donors (Lipinski definition) is 4. The second kappa shape index (κ2) is 19.4. The minimum atomic E-state index is -0.930. The van der Waals surface area contributed by atoms with Gasteiger partial charge in [-0.2, -0.15) is 0 Å². The zero-order chi connectivity index (χ0) is 44.8. The molecule has 0 unspecified atom stereocenters. The molecule has 4 atom stereocenters. The molecule has 14 heteroatoms. The van der Waals surface area contributed by atoms with Gasteiger partial charge in [0.25, 0.3) is 5.91 Å². The van der Waals surface area contributed by atoms with Gasteiger partial charge in [-0.1, -0.05) is 107 Å². The number of aromatic nitrogens is 4. The third-order valence-electron chi connectivity index (χ3n) is 11.8. The number of H-pyrrole nitrogens is 2. The second-order valence-corrected chi connectivity index (χ2v) is 16.6. The number of amides is 4. The van der Waals surface area contributed by atoms with Crippen LogP contribution < -0.4 is 10.6 Å². The highest BCUT2D eigenvalue weighted by Crippen LogP contribution is 2.35. The van der Waals surface area contributed by atoms with E-state index in [4.69, 9.17) is 19.4 Å². The van der Waals surface area contributed by atoms with Crippen LogP contribution in [-0.4, -0.2) is 87.1 Å². The molecule has 1 aliphatic rings. The Morgan fingerprint density at radius 1 is 0.746 bits per heavy atom. The summed E-state index contributed by atoms with van der Waals surface area (Å²) in [4.78, 5) is 72.2. The first-order valence-electron chi connectivity index (χ1n) is 21.5. The van der Waals surface area contributed by atoms with E-state index in [0.717, 1.165) is 63.1 Å². The molecule has 0 radical (unpaired) electrons. The molecule has 0 bridgehead atoms. The van der Waals surface area contributed by atoms with Crippen molar-refractivity contribution in [2.45, 2.75) is 71.6 Å². The van der Waals surface area contributed by atoms with Gasteiger partial charge < -0.3 is 39.9 Å². The maximum Gasteiger partial charge on any atom is 0.407 e. The van der Waals surface area contributed by atoms with Gasteiger partial charge in [0.1, 0.15) is 23.7 Å². The van der Waals surface area contributed by atoms with E-state index in [9.17, 15) is 19.2 Å². The average molecular weight is 853 g/mol. The molecule has 0 spiro atoms. The van der Waals surface area contributed by atoms with Crippen molar-refractivity contribution in [2.75, 3.05) is 27.3 Å². The number of carbonyl (C=O) groups is 4. The van der Waals surface area contributed by atoms with Gasteiger partial charge in [0, 0.05) is 18.7 Å². The molecule has 0 saturated carbocycles. The SMILES string of the molecule is CCN(C(=O)[C@H](NC(=O)OC)c1ccccc1)[C@H](c1ncc(-c2ccc(-c3ccc4cc(-c5cnc([C@@H]6CCCN6C(=O)[C@@H](NC(=O)OC)C(C)C)[nH]5)ccc4c3)cc2)[nH]1)C(C)C.